The lowest BCUT2D eigenvalue weighted by molar-refractivity contribution is 0.415. The van der Waals surface area contributed by atoms with E-state index in [1.54, 1.807) is 29.5 Å². The monoisotopic (exact) mass is 386 g/mol. The molecular weight excluding hydrogens is 372 g/mol. The van der Waals surface area contributed by atoms with Gasteiger partial charge in [0.2, 0.25) is 0 Å². The van der Waals surface area contributed by atoms with Crippen molar-refractivity contribution in [3.8, 4) is 11.7 Å². The van der Waals surface area contributed by atoms with E-state index in [-0.39, 0.29) is 0 Å². The molecule has 0 saturated carbocycles. The van der Waals surface area contributed by atoms with Crippen LogP contribution in [0.4, 0.5) is 5.82 Å². The van der Waals surface area contributed by atoms with Gasteiger partial charge < -0.3 is 10.1 Å². The molecule has 0 unspecified atom stereocenters. The van der Waals surface area contributed by atoms with Crippen LogP contribution in [0, 0.1) is 6.92 Å². The number of nitrogens with zero attached hydrogens (tertiary/aromatic N) is 5. The number of thiophene rings is 1. The molecule has 4 aromatic rings. The summed E-state index contributed by atoms with van der Waals surface area (Å²) < 4.78 is 6.74. The summed E-state index contributed by atoms with van der Waals surface area (Å²) in [6.07, 6.45) is 3.04. The Bertz CT molecular complexity index is 1060. The van der Waals surface area contributed by atoms with E-state index >= 15 is 0 Å². The second-order valence-corrected chi connectivity index (χ2v) is 6.90. The van der Waals surface area contributed by atoms with Crippen LogP contribution in [0.1, 0.15) is 11.1 Å². The van der Waals surface area contributed by atoms with Crippen molar-refractivity contribution in [3.05, 3.63) is 52.4 Å². The smallest absolute Gasteiger partial charge is 0.255 e. The molecule has 132 valence electrons. The Hall–Kier alpha value is -2.71. The summed E-state index contributed by atoms with van der Waals surface area (Å²) in [5, 5.41) is 11.2. The highest BCUT2D eigenvalue weighted by Gasteiger charge is 2.13. The Morgan fingerprint density at radius 2 is 2.19 bits per heavy atom. The van der Waals surface area contributed by atoms with E-state index in [0.29, 0.717) is 23.3 Å². The van der Waals surface area contributed by atoms with Gasteiger partial charge in [-0.25, -0.2) is 4.98 Å². The SMILES string of the molecule is COc1ccc(CNc2nc(-n3cncn3)nc3scc(C)c23)cc1Cl. The highest BCUT2D eigenvalue weighted by Crippen LogP contribution is 2.31. The molecule has 26 heavy (non-hydrogen) atoms. The topological polar surface area (TPSA) is 77.8 Å². The van der Waals surface area contributed by atoms with Crippen molar-refractivity contribution in [2.45, 2.75) is 13.5 Å². The molecule has 1 aromatic carbocycles. The fraction of sp³-hybridized carbons (Fsp3) is 0.176. The molecule has 0 spiro atoms. The zero-order valence-corrected chi connectivity index (χ0v) is 15.7. The van der Waals surface area contributed by atoms with E-state index < -0.39 is 0 Å². The maximum Gasteiger partial charge on any atom is 0.255 e. The Morgan fingerprint density at radius 1 is 1.31 bits per heavy atom. The van der Waals surface area contributed by atoms with Crippen molar-refractivity contribution < 1.29 is 4.74 Å². The lowest BCUT2D eigenvalue weighted by Gasteiger charge is -2.11. The lowest BCUT2D eigenvalue weighted by atomic mass is 10.2. The van der Waals surface area contributed by atoms with Crippen LogP contribution in [0.5, 0.6) is 5.75 Å². The van der Waals surface area contributed by atoms with Crippen LogP contribution < -0.4 is 10.1 Å². The van der Waals surface area contributed by atoms with Gasteiger partial charge in [0.25, 0.3) is 5.95 Å². The van der Waals surface area contributed by atoms with Gasteiger partial charge in [-0.2, -0.15) is 19.7 Å². The van der Waals surface area contributed by atoms with Gasteiger partial charge in [0.1, 0.15) is 29.1 Å². The van der Waals surface area contributed by atoms with Gasteiger partial charge in [0, 0.05) is 6.54 Å². The number of fused-ring (bicyclic) bond motifs is 1. The Morgan fingerprint density at radius 3 is 2.92 bits per heavy atom. The summed E-state index contributed by atoms with van der Waals surface area (Å²) in [6.45, 7) is 2.62. The molecule has 0 atom stereocenters. The van der Waals surface area contributed by atoms with Crippen LogP contribution in [0.25, 0.3) is 16.2 Å². The molecule has 7 nitrogen and oxygen atoms in total. The molecule has 3 heterocycles. The number of hydrogen-bond donors (Lipinski definition) is 1. The van der Waals surface area contributed by atoms with E-state index in [4.69, 9.17) is 16.3 Å². The zero-order valence-electron chi connectivity index (χ0n) is 14.1. The van der Waals surface area contributed by atoms with E-state index in [1.807, 2.05) is 25.1 Å². The highest BCUT2D eigenvalue weighted by atomic mass is 35.5. The van der Waals surface area contributed by atoms with Crippen LogP contribution >= 0.6 is 22.9 Å². The van der Waals surface area contributed by atoms with E-state index in [1.165, 1.54) is 6.33 Å². The molecule has 0 aliphatic heterocycles. The van der Waals surface area contributed by atoms with Crippen molar-refractivity contribution in [2.75, 3.05) is 12.4 Å². The van der Waals surface area contributed by atoms with Crippen molar-refractivity contribution in [2.24, 2.45) is 0 Å². The van der Waals surface area contributed by atoms with E-state index in [2.05, 4.69) is 30.7 Å². The van der Waals surface area contributed by atoms with Gasteiger partial charge in [0.05, 0.1) is 17.5 Å². The van der Waals surface area contributed by atoms with Crippen LogP contribution in [-0.2, 0) is 6.54 Å². The minimum Gasteiger partial charge on any atom is -0.495 e. The third-order valence-electron chi connectivity index (χ3n) is 3.91. The molecule has 4 rings (SSSR count). The van der Waals surface area contributed by atoms with E-state index in [0.717, 1.165) is 27.2 Å². The second kappa shape index (κ2) is 6.89. The first kappa shape index (κ1) is 16.7. The van der Waals surface area contributed by atoms with Crippen LogP contribution in [-0.4, -0.2) is 31.8 Å². The van der Waals surface area contributed by atoms with Crippen molar-refractivity contribution in [1.29, 1.82) is 0 Å². The predicted octanol–water partition coefficient (Wildman–Crippen LogP) is 3.85. The predicted molar refractivity (Wildman–Crippen MR) is 102 cm³/mol. The number of hydrogen-bond acceptors (Lipinski definition) is 7. The number of aryl methyl sites for hydroxylation is 1. The fourth-order valence-corrected chi connectivity index (χ4v) is 3.82. The number of aromatic nitrogens is 5. The Kier molecular flexibility index (Phi) is 4.44. The Labute approximate surface area is 158 Å². The minimum absolute atomic E-state index is 0.479. The second-order valence-electron chi connectivity index (χ2n) is 5.63. The quantitative estimate of drug-likeness (QED) is 0.561. The first-order valence-electron chi connectivity index (χ1n) is 7.83. The average molecular weight is 387 g/mol. The fourth-order valence-electron chi connectivity index (χ4n) is 2.62. The normalized spacial score (nSPS) is 11.0. The molecule has 0 radical (unpaired) electrons. The van der Waals surface area contributed by atoms with Crippen molar-refractivity contribution in [1.82, 2.24) is 24.7 Å². The van der Waals surface area contributed by atoms with Crippen LogP contribution in [0.3, 0.4) is 0 Å². The van der Waals surface area contributed by atoms with E-state index in [9.17, 15) is 0 Å². The van der Waals surface area contributed by atoms with Gasteiger partial charge in [-0.05, 0) is 35.6 Å². The summed E-state index contributed by atoms with van der Waals surface area (Å²) >= 11 is 7.79. The minimum atomic E-state index is 0.479. The summed E-state index contributed by atoms with van der Waals surface area (Å²) in [7, 11) is 1.60. The number of anilines is 1. The number of benzene rings is 1. The molecular formula is C17H15ClN6OS. The maximum absolute atomic E-state index is 6.21. The van der Waals surface area contributed by atoms with Gasteiger partial charge in [-0.3, -0.25) is 0 Å². The number of nitrogens with one attached hydrogen (secondary N) is 1. The molecule has 1 N–H and O–H groups in total. The molecule has 0 fully saturated rings. The number of ether oxygens (including phenoxy) is 1. The largest absolute Gasteiger partial charge is 0.495 e. The average Bonchev–Trinajstić information content (AvgIpc) is 3.30. The highest BCUT2D eigenvalue weighted by molar-refractivity contribution is 7.17. The van der Waals surface area contributed by atoms with Gasteiger partial charge >= 0.3 is 0 Å². The molecule has 3 aromatic heterocycles. The molecule has 0 aliphatic rings. The zero-order chi connectivity index (χ0) is 18.1. The van der Waals surface area contributed by atoms with Crippen LogP contribution in [0.15, 0.2) is 36.2 Å². The van der Waals surface area contributed by atoms with Crippen molar-refractivity contribution >= 4 is 39.0 Å². The van der Waals surface area contributed by atoms with Crippen molar-refractivity contribution in [3.63, 3.8) is 0 Å². The van der Waals surface area contributed by atoms with Gasteiger partial charge in [0.15, 0.2) is 0 Å². The number of halogens is 1. The summed E-state index contributed by atoms with van der Waals surface area (Å²) in [6, 6.07) is 5.70. The van der Waals surface area contributed by atoms with Crippen LogP contribution in [0.2, 0.25) is 5.02 Å². The summed E-state index contributed by atoms with van der Waals surface area (Å²) in [5.41, 5.74) is 2.16. The summed E-state index contributed by atoms with van der Waals surface area (Å²) in [5.74, 6) is 1.89. The van der Waals surface area contributed by atoms with Gasteiger partial charge in [-0.1, -0.05) is 17.7 Å². The molecule has 0 bridgehead atoms. The first-order valence-corrected chi connectivity index (χ1v) is 9.08. The molecule has 9 heteroatoms. The summed E-state index contributed by atoms with van der Waals surface area (Å²) in [4.78, 5) is 14.1. The molecule has 0 saturated heterocycles. The maximum atomic E-state index is 6.21. The standard InChI is InChI=1S/C17H15ClN6OS/c1-10-7-26-16-14(10)15(22-17(23-16)24-9-19-8-21-24)20-6-11-3-4-13(25-2)12(18)5-11/h3-5,7-9H,6H2,1-2H3,(H,20,22,23). The lowest BCUT2D eigenvalue weighted by Crippen LogP contribution is -2.07. The third kappa shape index (κ3) is 3.09. The van der Waals surface area contributed by atoms with Gasteiger partial charge in [-0.15, -0.1) is 11.3 Å². The number of rotatable bonds is 5. The Balaban J connectivity index is 1.69. The molecule has 0 aliphatic carbocycles. The number of methoxy groups -OCH3 is 1. The third-order valence-corrected chi connectivity index (χ3v) is 5.19. The first-order chi connectivity index (χ1) is 12.7. The molecule has 0 amide bonds.